The normalized spacial score (nSPS) is 20.5. The molecule has 2 N–H and O–H groups in total. The molecule has 1 saturated heterocycles. The van der Waals surface area contributed by atoms with E-state index in [1.165, 1.54) is 18.2 Å². The molecule has 2 aliphatic heterocycles. The summed E-state index contributed by atoms with van der Waals surface area (Å²) in [5.74, 6) is -3.57. The Kier molecular flexibility index (Phi) is 5.29. The lowest BCUT2D eigenvalue weighted by Crippen LogP contribution is -2.54. The van der Waals surface area contributed by atoms with Gasteiger partial charge in [0.2, 0.25) is 11.8 Å². The van der Waals surface area contributed by atoms with Gasteiger partial charge in [-0.2, -0.15) is 0 Å². The van der Waals surface area contributed by atoms with Crippen molar-refractivity contribution in [3.05, 3.63) is 29.3 Å². The Balaban J connectivity index is 1.87. The number of amides is 4. The third-order valence-corrected chi connectivity index (χ3v) is 5.89. The fourth-order valence-electron chi connectivity index (χ4n) is 3.14. The van der Waals surface area contributed by atoms with Crippen LogP contribution in [-0.4, -0.2) is 56.0 Å². The predicted octanol–water partition coefficient (Wildman–Crippen LogP) is 0.0602. The van der Waals surface area contributed by atoms with Crippen LogP contribution in [0.3, 0.4) is 0 Å². The number of carbonyl (C=O) groups is 5. The maximum Gasteiger partial charge on any atom is 0.303 e. The summed E-state index contributed by atoms with van der Waals surface area (Å²) in [5.41, 5.74) is 0.0228. The molecule has 0 aliphatic carbocycles. The average Bonchev–Trinajstić information content (AvgIpc) is 2.86. The summed E-state index contributed by atoms with van der Waals surface area (Å²) in [6.45, 7) is 0. The highest BCUT2D eigenvalue weighted by Gasteiger charge is 2.47. The zero-order chi connectivity index (χ0) is 19.7. The van der Waals surface area contributed by atoms with Crippen LogP contribution in [0.15, 0.2) is 23.1 Å². The first-order valence-corrected chi connectivity index (χ1v) is 9.58. The highest BCUT2D eigenvalue weighted by Crippen LogP contribution is 2.32. The Hall–Kier alpha value is -2.72. The van der Waals surface area contributed by atoms with Gasteiger partial charge in [-0.3, -0.25) is 34.2 Å². The van der Waals surface area contributed by atoms with Crippen LogP contribution in [-0.2, 0) is 25.6 Å². The summed E-state index contributed by atoms with van der Waals surface area (Å²) < 4.78 is 12.5. The van der Waals surface area contributed by atoms with Gasteiger partial charge in [-0.15, -0.1) is 0 Å². The number of carbonyl (C=O) groups excluding carboxylic acids is 4. The molecule has 1 aromatic rings. The largest absolute Gasteiger partial charge is 0.611 e. The van der Waals surface area contributed by atoms with Gasteiger partial charge < -0.3 is 9.66 Å². The number of rotatable bonds is 6. The molecule has 1 aromatic carbocycles. The fourth-order valence-corrected chi connectivity index (χ4v) is 4.42. The van der Waals surface area contributed by atoms with Crippen LogP contribution in [0.4, 0.5) is 0 Å². The van der Waals surface area contributed by atoms with Gasteiger partial charge in [-0.25, -0.2) is 0 Å². The second-order valence-corrected chi connectivity index (χ2v) is 7.71. The van der Waals surface area contributed by atoms with E-state index in [1.54, 1.807) is 0 Å². The van der Waals surface area contributed by atoms with E-state index in [2.05, 4.69) is 5.32 Å². The molecule has 9 nitrogen and oxygen atoms in total. The molecule has 0 radical (unpaired) electrons. The van der Waals surface area contributed by atoms with Crippen molar-refractivity contribution < 1.29 is 33.6 Å². The first-order valence-electron chi connectivity index (χ1n) is 8.26. The van der Waals surface area contributed by atoms with Gasteiger partial charge in [0.25, 0.3) is 11.8 Å². The third kappa shape index (κ3) is 3.58. The number of carboxylic acid groups (broad SMARTS) is 1. The first kappa shape index (κ1) is 19.1. The maximum absolute atomic E-state index is 12.9. The Morgan fingerprint density at radius 3 is 2.67 bits per heavy atom. The van der Waals surface area contributed by atoms with E-state index in [4.69, 9.17) is 5.11 Å². The Bertz CT molecular complexity index is 854. The Morgan fingerprint density at radius 1 is 1.26 bits per heavy atom. The fraction of sp³-hybridized carbons (Fsp3) is 0.353. The predicted molar refractivity (Wildman–Crippen MR) is 91.3 cm³/mol. The molecule has 27 heavy (non-hydrogen) atoms. The van der Waals surface area contributed by atoms with Crippen molar-refractivity contribution in [3.8, 4) is 0 Å². The van der Waals surface area contributed by atoms with Crippen LogP contribution in [0.5, 0.6) is 0 Å². The lowest BCUT2D eigenvalue weighted by Gasteiger charge is -2.27. The van der Waals surface area contributed by atoms with Gasteiger partial charge in [0, 0.05) is 19.3 Å². The molecule has 142 valence electrons. The number of carboxylic acids is 1. The highest BCUT2D eigenvalue weighted by atomic mass is 32.2. The van der Waals surface area contributed by atoms with E-state index in [1.807, 2.05) is 0 Å². The summed E-state index contributed by atoms with van der Waals surface area (Å²) in [5, 5.41) is 10.8. The lowest BCUT2D eigenvalue weighted by atomic mass is 10.0. The van der Waals surface area contributed by atoms with Crippen LogP contribution in [0.1, 0.15) is 46.4 Å². The topological polar surface area (TPSA) is 144 Å². The van der Waals surface area contributed by atoms with Crippen LogP contribution in [0.25, 0.3) is 0 Å². The molecular formula is C17H16N2O7S. The first-order chi connectivity index (χ1) is 12.8. The van der Waals surface area contributed by atoms with E-state index < -0.39 is 46.8 Å². The molecule has 0 spiro atoms. The van der Waals surface area contributed by atoms with Gasteiger partial charge in [-0.05, 0) is 29.7 Å². The van der Waals surface area contributed by atoms with Crippen molar-refractivity contribution >= 4 is 40.8 Å². The summed E-state index contributed by atoms with van der Waals surface area (Å²) in [6, 6.07) is 3.26. The summed E-state index contributed by atoms with van der Waals surface area (Å²) in [6.07, 6.45) is 0.0472. The third-order valence-electron chi connectivity index (χ3n) is 4.40. The number of imide groups is 2. The number of nitrogens with one attached hydrogen (secondary N) is 1. The summed E-state index contributed by atoms with van der Waals surface area (Å²) >= 11 is -1.67. The average molecular weight is 392 g/mol. The minimum Gasteiger partial charge on any atom is -0.611 e. The zero-order valence-electron chi connectivity index (χ0n) is 14.1. The molecule has 2 atom stereocenters. The van der Waals surface area contributed by atoms with Crippen LogP contribution >= 0.6 is 0 Å². The SMILES string of the molecule is O=C(O)CCC[S+]([O-])c1cccc2c1C(=O)N(C1CCC(=O)NC1=O)C2=O. The standard InChI is InChI=1S/C17H16N2O7S/c20-12-7-6-10(15(23)18-12)19-16(24)9-3-1-4-11(14(9)17(19)25)27(26)8-2-5-13(21)22/h1,3-4,10H,2,5-8H2,(H,21,22)(H,18,20,23). The van der Waals surface area contributed by atoms with Crippen molar-refractivity contribution in [2.24, 2.45) is 0 Å². The van der Waals surface area contributed by atoms with E-state index in [9.17, 15) is 28.5 Å². The van der Waals surface area contributed by atoms with E-state index >= 15 is 0 Å². The Labute approximate surface area is 156 Å². The van der Waals surface area contributed by atoms with Crippen molar-refractivity contribution in [3.63, 3.8) is 0 Å². The van der Waals surface area contributed by atoms with Gasteiger partial charge in [0.15, 0.2) is 4.90 Å². The van der Waals surface area contributed by atoms with Crippen LogP contribution < -0.4 is 5.32 Å². The summed E-state index contributed by atoms with van der Waals surface area (Å²) in [7, 11) is 0. The van der Waals surface area contributed by atoms with E-state index in [0.717, 1.165) is 4.90 Å². The molecule has 0 saturated carbocycles. The molecule has 0 bridgehead atoms. The molecule has 4 amide bonds. The van der Waals surface area contributed by atoms with Crippen LogP contribution in [0.2, 0.25) is 0 Å². The van der Waals surface area contributed by atoms with E-state index in [-0.39, 0.29) is 47.5 Å². The molecule has 10 heteroatoms. The molecule has 0 aromatic heterocycles. The number of nitrogens with zero attached hydrogens (tertiary/aromatic N) is 1. The van der Waals surface area contributed by atoms with Gasteiger partial charge in [-0.1, -0.05) is 6.07 Å². The molecule has 2 aliphatic rings. The number of piperidine rings is 1. The second-order valence-electron chi connectivity index (χ2n) is 6.17. The molecule has 3 rings (SSSR count). The molecule has 2 heterocycles. The molecular weight excluding hydrogens is 376 g/mol. The monoisotopic (exact) mass is 392 g/mol. The van der Waals surface area contributed by atoms with Gasteiger partial charge >= 0.3 is 5.97 Å². The lowest BCUT2D eigenvalue weighted by molar-refractivity contribution is -0.137. The number of benzene rings is 1. The van der Waals surface area contributed by atoms with Crippen molar-refractivity contribution in [1.82, 2.24) is 10.2 Å². The number of aliphatic carboxylic acids is 1. The zero-order valence-corrected chi connectivity index (χ0v) is 14.9. The summed E-state index contributed by atoms with van der Waals surface area (Å²) in [4.78, 5) is 60.5. The smallest absolute Gasteiger partial charge is 0.303 e. The number of hydrogen-bond acceptors (Lipinski definition) is 6. The molecule has 1 fully saturated rings. The number of hydrogen-bond donors (Lipinski definition) is 2. The van der Waals surface area contributed by atoms with Crippen molar-refractivity contribution in [1.29, 1.82) is 0 Å². The van der Waals surface area contributed by atoms with Gasteiger partial charge in [0.05, 0.1) is 5.56 Å². The van der Waals surface area contributed by atoms with Gasteiger partial charge in [0.1, 0.15) is 17.4 Å². The minimum absolute atomic E-state index is 0.0117. The number of fused-ring (bicyclic) bond motifs is 1. The van der Waals surface area contributed by atoms with Crippen molar-refractivity contribution in [2.75, 3.05) is 5.75 Å². The quantitative estimate of drug-likeness (QED) is 0.514. The maximum atomic E-state index is 12.9. The van der Waals surface area contributed by atoms with Crippen molar-refractivity contribution in [2.45, 2.75) is 36.6 Å². The second kappa shape index (κ2) is 7.49. The minimum atomic E-state index is -1.67. The van der Waals surface area contributed by atoms with E-state index in [0.29, 0.717) is 0 Å². The highest BCUT2D eigenvalue weighted by molar-refractivity contribution is 7.91. The molecule has 2 unspecified atom stereocenters. The Morgan fingerprint density at radius 2 is 2.00 bits per heavy atom. The van der Waals surface area contributed by atoms with Crippen LogP contribution in [0, 0.1) is 0 Å².